The molecule has 0 unspecified atom stereocenters. The number of halogens is 3. The van der Waals surface area contributed by atoms with E-state index in [9.17, 15) is 18.0 Å². The monoisotopic (exact) mass is 365 g/mol. The van der Waals surface area contributed by atoms with Gasteiger partial charge in [-0.2, -0.15) is 0 Å². The van der Waals surface area contributed by atoms with E-state index in [1.54, 1.807) is 6.07 Å². The molecular weight excluding hydrogens is 355 g/mol. The third kappa shape index (κ3) is 4.18. The number of carbonyl (C=O) groups is 1. The Morgan fingerprint density at radius 2 is 1.88 bits per heavy atom. The van der Waals surface area contributed by atoms with E-state index in [0.29, 0.717) is 0 Å². The van der Waals surface area contributed by atoms with E-state index in [4.69, 9.17) is 4.42 Å². The molecule has 9 heteroatoms. The van der Waals surface area contributed by atoms with Crippen molar-refractivity contribution in [3.63, 3.8) is 0 Å². The second-order valence-corrected chi connectivity index (χ2v) is 5.74. The van der Waals surface area contributed by atoms with Crippen LogP contribution in [0.15, 0.2) is 52.1 Å². The number of thioether (sulfide) groups is 1. The number of aromatic nitrogens is 2. The maximum Gasteiger partial charge on any atom is 0.277 e. The molecule has 1 aromatic heterocycles. The van der Waals surface area contributed by atoms with Gasteiger partial charge in [-0.05, 0) is 24.3 Å². The highest BCUT2D eigenvalue weighted by Gasteiger charge is 2.15. The fourth-order valence-corrected chi connectivity index (χ4v) is 2.48. The summed E-state index contributed by atoms with van der Waals surface area (Å²) in [6.45, 7) is 0. The Bertz CT molecular complexity index is 917. The summed E-state index contributed by atoms with van der Waals surface area (Å²) in [5.74, 6) is -2.70. The lowest BCUT2D eigenvalue weighted by molar-refractivity contribution is -0.113. The summed E-state index contributed by atoms with van der Waals surface area (Å²) in [5, 5.41) is 9.72. The lowest BCUT2D eigenvalue weighted by Crippen LogP contribution is -2.15. The molecule has 0 bridgehead atoms. The summed E-state index contributed by atoms with van der Waals surface area (Å²) >= 11 is 0.888. The van der Waals surface area contributed by atoms with Gasteiger partial charge in [0.05, 0.1) is 17.0 Å². The summed E-state index contributed by atoms with van der Waals surface area (Å²) in [6, 6.07) is 8.63. The molecule has 25 heavy (non-hydrogen) atoms. The SMILES string of the molecule is O=C(CSc1nnc(-c2ccccc2F)o1)Nc1cc(F)ccc1F. The number of anilines is 1. The number of benzene rings is 2. The zero-order valence-corrected chi connectivity index (χ0v) is 13.3. The summed E-state index contributed by atoms with van der Waals surface area (Å²) in [4.78, 5) is 11.8. The van der Waals surface area contributed by atoms with Crippen molar-refractivity contribution < 1.29 is 22.4 Å². The maximum atomic E-state index is 13.6. The molecule has 1 amide bonds. The Morgan fingerprint density at radius 1 is 1.08 bits per heavy atom. The molecule has 0 aliphatic rings. The highest BCUT2D eigenvalue weighted by molar-refractivity contribution is 7.99. The third-order valence-corrected chi connectivity index (χ3v) is 3.86. The van der Waals surface area contributed by atoms with E-state index in [-0.39, 0.29) is 28.1 Å². The van der Waals surface area contributed by atoms with Crippen molar-refractivity contribution in [2.24, 2.45) is 0 Å². The van der Waals surface area contributed by atoms with Crippen LogP contribution in [0, 0.1) is 17.5 Å². The van der Waals surface area contributed by atoms with Crippen molar-refractivity contribution in [2.75, 3.05) is 11.1 Å². The van der Waals surface area contributed by atoms with Gasteiger partial charge in [0.25, 0.3) is 11.1 Å². The smallest absolute Gasteiger partial charge is 0.277 e. The number of carbonyl (C=O) groups excluding carboxylic acids is 1. The molecule has 0 fully saturated rings. The van der Waals surface area contributed by atoms with Crippen LogP contribution >= 0.6 is 11.8 Å². The van der Waals surface area contributed by atoms with Crippen LogP contribution in [0.1, 0.15) is 0 Å². The topological polar surface area (TPSA) is 68.0 Å². The zero-order valence-electron chi connectivity index (χ0n) is 12.5. The summed E-state index contributed by atoms with van der Waals surface area (Å²) in [6.07, 6.45) is 0. The first-order chi connectivity index (χ1) is 12.0. The van der Waals surface area contributed by atoms with Gasteiger partial charge < -0.3 is 9.73 Å². The van der Waals surface area contributed by atoms with Gasteiger partial charge in [0.1, 0.15) is 17.5 Å². The molecule has 0 aliphatic heterocycles. The summed E-state index contributed by atoms with van der Waals surface area (Å²) in [5.41, 5.74) is -0.115. The van der Waals surface area contributed by atoms with Crippen molar-refractivity contribution in [3.8, 4) is 11.5 Å². The number of amides is 1. The molecule has 3 rings (SSSR count). The molecule has 3 aromatic rings. The standard InChI is InChI=1S/C16H10F3N3O2S/c17-9-5-6-12(19)13(7-9)20-14(23)8-25-16-22-21-15(24-16)10-3-1-2-4-11(10)18/h1-7H,8H2,(H,20,23). The largest absolute Gasteiger partial charge is 0.411 e. The Kier molecular flexibility index (Phi) is 5.03. The number of hydrogen-bond acceptors (Lipinski definition) is 5. The second kappa shape index (κ2) is 7.39. The van der Waals surface area contributed by atoms with Crippen LogP contribution in [0.25, 0.3) is 11.5 Å². The predicted molar refractivity (Wildman–Crippen MR) is 85.4 cm³/mol. The van der Waals surface area contributed by atoms with Crippen molar-refractivity contribution in [3.05, 3.63) is 59.9 Å². The van der Waals surface area contributed by atoms with Gasteiger partial charge in [-0.3, -0.25) is 4.79 Å². The van der Waals surface area contributed by atoms with Crippen molar-refractivity contribution in [1.82, 2.24) is 10.2 Å². The van der Waals surface area contributed by atoms with Crippen LogP contribution in [0.2, 0.25) is 0 Å². The average molecular weight is 365 g/mol. The van der Waals surface area contributed by atoms with E-state index in [0.717, 1.165) is 30.0 Å². The van der Waals surface area contributed by atoms with Crippen LogP contribution < -0.4 is 5.32 Å². The first-order valence-corrected chi connectivity index (χ1v) is 7.97. The van der Waals surface area contributed by atoms with E-state index in [1.165, 1.54) is 18.2 Å². The first kappa shape index (κ1) is 17.0. The van der Waals surface area contributed by atoms with Crippen molar-refractivity contribution in [2.45, 2.75) is 5.22 Å². The molecule has 5 nitrogen and oxygen atoms in total. The minimum absolute atomic E-state index is 0.0165. The summed E-state index contributed by atoms with van der Waals surface area (Å²) in [7, 11) is 0. The molecule has 0 atom stereocenters. The highest BCUT2D eigenvalue weighted by Crippen LogP contribution is 2.25. The minimum Gasteiger partial charge on any atom is -0.411 e. The molecule has 1 N–H and O–H groups in total. The molecule has 128 valence electrons. The van der Waals surface area contributed by atoms with Crippen LogP contribution in [0.3, 0.4) is 0 Å². The number of nitrogens with one attached hydrogen (secondary N) is 1. The molecular formula is C16H10F3N3O2S. The fraction of sp³-hybridized carbons (Fsp3) is 0.0625. The van der Waals surface area contributed by atoms with Gasteiger partial charge in [-0.15, -0.1) is 10.2 Å². The van der Waals surface area contributed by atoms with Gasteiger partial charge in [-0.1, -0.05) is 23.9 Å². The first-order valence-electron chi connectivity index (χ1n) is 6.99. The van der Waals surface area contributed by atoms with E-state index in [1.807, 2.05) is 0 Å². The Labute approximate surface area is 144 Å². The van der Waals surface area contributed by atoms with Gasteiger partial charge in [0.2, 0.25) is 5.91 Å². The molecule has 2 aromatic carbocycles. The molecule has 0 spiro atoms. The van der Waals surface area contributed by atoms with E-state index in [2.05, 4.69) is 15.5 Å². The maximum absolute atomic E-state index is 13.6. The Hall–Kier alpha value is -2.81. The molecule has 0 radical (unpaired) electrons. The van der Waals surface area contributed by atoms with Crippen molar-refractivity contribution in [1.29, 1.82) is 0 Å². The van der Waals surface area contributed by atoms with Gasteiger partial charge in [0.15, 0.2) is 0 Å². The average Bonchev–Trinajstić information content (AvgIpc) is 3.05. The molecule has 0 saturated carbocycles. The lowest BCUT2D eigenvalue weighted by Gasteiger charge is -2.05. The van der Waals surface area contributed by atoms with Gasteiger partial charge in [-0.25, -0.2) is 13.2 Å². The zero-order chi connectivity index (χ0) is 17.8. The van der Waals surface area contributed by atoms with Crippen LogP contribution in [-0.4, -0.2) is 21.9 Å². The van der Waals surface area contributed by atoms with E-state index >= 15 is 0 Å². The second-order valence-electron chi connectivity index (χ2n) is 4.81. The lowest BCUT2D eigenvalue weighted by atomic mass is 10.2. The third-order valence-electron chi connectivity index (χ3n) is 3.04. The normalized spacial score (nSPS) is 10.7. The molecule has 0 aliphatic carbocycles. The van der Waals surface area contributed by atoms with Gasteiger partial charge in [0, 0.05) is 6.07 Å². The van der Waals surface area contributed by atoms with Crippen LogP contribution in [-0.2, 0) is 4.79 Å². The number of hydrogen-bond donors (Lipinski definition) is 1. The Morgan fingerprint density at radius 3 is 2.68 bits per heavy atom. The molecule has 0 saturated heterocycles. The number of nitrogens with zero attached hydrogens (tertiary/aromatic N) is 2. The summed E-state index contributed by atoms with van der Waals surface area (Å²) < 4.78 is 45.4. The predicted octanol–water partition coefficient (Wildman–Crippen LogP) is 3.88. The van der Waals surface area contributed by atoms with Crippen LogP contribution in [0.4, 0.5) is 18.9 Å². The quantitative estimate of drug-likeness (QED) is 0.695. The van der Waals surface area contributed by atoms with Crippen LogP contribution in [0.5, 0.6) is 0 Å². The minimum atomic E-state index is -0.751. The van der Waals surface area contributed by atoms with Gasteiger partial charge >= 0.3 is 0 Å². The number of rotatable bonds is 5. The van der Waals surface area contributed by atoms with Crippen molar-refractivity contribution >= 4 is 23.4 Å². The Balaban J connectivity index is 1.61. The highest BCUT2D eigenvalue weighted by atomic mass is 32.2. The molecule has 1 heterocycles. The fourth-order valence-electron chi connectivity index (χ4n) is 1.92. The van der Waals surface area contributed by atoms with E-state index < -0.39 is 23.4 Å².